The van der Waals surface area contributed by atoms with Crippen molar-refractivity contribution in [3.63, 3.8) is 0 Å². The lowest BCUT2D eigenvalue weighted by atomic mass is 10.2. The molecule has 0 bridgehead atoms. The van der Waals surface area contributed by atoms with Gasteiger partial charge in [0, 0.05) is 4.47 Å². The van der Waals surface area contributed by atoms with Crippen molar-refractivity contribution in [2.24, 2.45) is 0 Å². The summed E-state index contributed by atoms with van der Waals surface area (Å²) >= 11 is 9.34. The topological polar surface area (TPSA) is 17.8 Å². The molecule has 0 aliphatic carbocycles. The summed E-state index contributed by atoms with van der Waals surface area (Å²) in [4.78, 5) is 0. The zero-order valence-corrected chi connectivity index (χ0v) is 10.6. The van der Waals surface area contributed by atoms with Crippen molar-refractivity contribution in [2.75, 3.05) is 0 Å². The molecule has 0 saturated carbocycles. The lowest BCUT2D eigenvalue weighted by molar-refractivity contribution is 0.665. The maximum absolute atomic E-state index is 5.93. The summed E-state index contributed by atoms with van der Waals surface area (Å²) in [7, 11) is 0. The first-order chi connectivity index (χ1) is 7.16. The van der Waals surface area contributed by atoms with Crippen LogP contribution in [-0.2, 0) is 6.54 Å². The van der Waals surface area contributed by atoms with Crippen molar-refractivity contribution in [3.8, 4) is 0 Å². The smallest absolute Gasteiger partial charge is 0.0815 e. The molecule has 0 aliphatic heterocycles. The highest BCUT2D eigenvalue weighted by atomic mass is 79.9. The van der Waals surface area contributed by atoms with Gasteiger partial charge in [-0.05, 0) is 24.6 Å². The standard InChI is InChI=1S/C11H10BrClN2/c1-8-11(13)6-14-15(8)7-9-2-4-10(12)5-3-9/h2-6H,7H2,1H3. The van der Waals surface area contributed by atoms with Crippen molar-refractivity contribution in [1.29, 1.82) is 0 Å². The van der Waals surface area contributed by atoms with Crippen LogP contribution in [0.5, 0.6) is 0 Å². The summed E-state index contributed by atoms with van der Waals surface area (Å²) in [5, 5.41) is 4.92. The van der Waals surface area contributed by atoms with Gasteiger partial charge in [-0.25, -0.2) is 0 Å². The highest BCUT2D eigenvalue weighted by molar-refractivity contribution is 9.10. The third kappa shape index (κ3) is 2.41. The van der Waals surface area contributed by atoms with Gasteiger partial charge in [-0.1, -0.05) is 39.7 Å². The van der Waals surface area contributed by atoms with Gasteiger partial charge < -0.3 is 0 Å². The van der Waals surface area contributed by atoms with Crippen molar-refractivity contribution in [1.82, 2.24) is 9.78 Å². The lowest BCUT2D eigenvalue weighted by Crippen LogP contribution is -2.03. The van der Waals surface area contributed by atoms with Crippen molar-refractivity contribution < 1.29 is 0 Å². The van der Waals surface area contributed by atoms with E-state index in [2.05, 4.69) is 33.2 Å². The molecule has 2 rings (SSSR count). The van der Waals surface area contributed by atoms with Crippen LogP contribution in [0.3, 0.4) is 0 Å². The molecule has 2 aromatic rings. The van der Waals surface area contributed by atoms with Gasteiger partial charge in [0.2, 0.25) is 0 Å². The highest BCUT2D eigenvalue weighted by Crippen LogP contribution is 2.16. The Morgan fingerprint density at radius 3 is 2.53 bits per heavy atom. The van der Waals surface area contributed by atoms with Crippen LogP contribution < -0.4 is 0 Å². The van der Waals surface area contributed by atoms with E-state index in [1.807, 2.05) is 23.7 Å². The normalized spacial score (nSPS) is 10.6. The van der Waals surface area contributed by atoms with E-state index in [0.29, 0.717) is 5.02 Å². The van der Waals surface area contributed by atoms with Crippen LogP contribution in [0.15, 0.2) is 34.9 Å². The minimum Gasteiger partial charge on any atom is -0.264 e. The molecule has 0 fully saturated rings. The Kier molecular flexibility index (Phi) is 3.12. The quantitative estimate of drug-likeness (QED) is 0.823. The third-order valence-corrected chi connectivity index (χ3v) is 3.19. The van der Waals surface area contributed by atoms with E-state index >= 15 is 0 Å². The van der Waals surface area contributed by atoms with Gasteiger partial charge >= 0.3 is 0 Å². The molecule has 0 radical (unpaired) electrons. The molecule has 0 spiro atoms. The first-order valence-electron chi connectivity index (χ1n) is 4.59. The fraction of sp³-hybridized carbons (Fsp3) is 0.182. The summed E-state index contributed by atoms with van der Waals surface area (Å²) in [5.74, 6) is 0. The second-order valence-corrected chi connectivity index (χ2v) is 4.68. The van der Waals surface area contributed by atoms with Crippen molar-refractivity contribution in [3.05, 3.63) is 51.2 Å². The van der Waals surface area contributed by atoms with Crippen LogP contribution in [0.1, 0.15) is 11.3 Å². The van der Waals surface area contributed by atoms with Crippen LogP contribution >= 0.6 is 27.5 Å². The van der Waals surface area contributed by atoms with E-state index in [1.54, 1.807) is 6.20 Å². The average Bonchev–Trinajstić information content (AvgIpc) is 2.53. The Labute approximate surface area is 102 Å². The molecule has 1 aromatic carbocycles. The van der Waals surface area contributed by atoms with Crippen molar-refractivity contribution in [2.45, 2.75) is 13.5 Å². The van der Waals surface area contributed by atoms with E-state index in [4.69, 9.17) is 11.6 Å². The number of nitrogens with zero attached hydrogens (tertiary/aromatic N) is 2. The van der Waals surface area contributed by atoms with E-state index in [1.165, 1.54) is 5.56 Å². The largest absolute Gasteiger partial charge is 0.264 e. The molecule has 0 N–H and O–H groups in total. The second-order valence-electron chi connectivity index (χ2n) is 3.36. The molecule has 0 aliphatic rings. The minimum atomic E-state index is 0.715. The number of benzene rings is 1. The Bertz CT molecular complexity index is 462. The molecule has 0 saturated heterocycles. The van der Waals surface area contributed by atoms with Gasteiger partial charge in [-0.2, -0.15) is 5.10 Å². The predicted octanol–water partition coefficient (Wildman–Crippen LogP) is 3.66. The molecule has 0 amide bonds. The maximum Gasteiger partial charge on any atom is 0.0815 e. The van der Waals surface area contributed by atoms with Crippen molar-refractivity contribution >= 4 is 27.5 Å². The fourth-order valence-corrected chi connectivity index (χ4v) is 1.75. The van der Waals surface area contributed by atoms with Gasteiger partial charge in [0.1, 0.15) is 0 Å². The second kappa shape index (κ2) is 4.37. The summed E-state index contributed by atoms with van der Waals surface area (Å²) in [5.41, 5.74) is 2.21. The SMILES string of the molecule is Cc1c(Cl)cnn1Cc1ccc(Br)cc1. The first-order valence-corrected chi connectivity index (χ1v) is 5.76. The Morgan fingerprint density at radius 1 is 1.33 bits per heavy atom. The van der Waals surface area contributed by atoms with E-state index < -0.39 is 0 Å². The molecule has 1 aromatic heterocycles. The van der Waals surface area contributed by atoms with Crippen LogP contribution in [0, 0.1) is 6.92 Å². The van der Waals surface area contributed by atoms with Gasteiger partial charge in [0.05, 0.1) is 23.5 Å². The third-order valence-electron chi connectivity index (χ3n) is 2.29. The van der Waals surface area contributed by atoms with Gasteiger partial charge in [0.25, 0.3) is 0 Å². The molecule has 1 heterocycles. The molecule has 4 heteroatoms. The van der Waals surface area contributed by atoms with E-state index in [-0.39, 0.29) is 0 Å². The zero-order chi connectivity index (χ0) is 10.8. The fourth-order valence-electron chi connectivity index (χ4n) is 1.35. The Morgan fingerprint density at radius 2 is 2.00 bits per heavy atom. The van der Waals surface area contributed by atoms with Gasteiger partial charge in [-0.3, -0.25) is 4.68 Å². The highest BCUT2D eigenvalue weighted by Gasteiger charge is 2.03. The van der Waals surface area contributed by atoms with E-state index in [0.717, 1.165) is 16.7 Å². The molecule has 0 unspecified atom stereocenters. The molecular weight excluding hydrogens is 275 g/mol. The monoisotopic (exact) mass is 284 g/mol. The maximum atomic E-state index is 5.93. The van der Waals surface area contributed by atoms with E-state index in [9.17, 15) is 0 Å². The summed E-state index contributed by atoms with van der Waals surface area (Å²) in [6.45, 7) is 2.72. The van der Waals surface area contributed by atoms with Crippen LogP contribution in [0.2, 0.25) is 5.02 Å². The Hall–Kier alpha value is -0.800. The summed E-state index contributed by atoms with van der Waals surface area (Å²) < 4.78 is 2.98. The lowest BCUT2D eigenvalue weighted by Gasteiger charge is -2.04. The zero-order valence-electron chi connectivity index (χ0n) is 8.24. The van der Waals surface area contributed by atoms with Gasteiger partial charge in [-0.15, -0.1) is 0 Å². The van der Waals surface area contributed by atoms with Crippen LogP contribution in [0.25, 0.3) is 0 Å². The summed E-state index contributed by atoms with van der Waals surface area (Å²) in [6, 6.07) is 8.18. The van der Waals surface area contributed by atoms with Gasteiger partial charge in [0.15, 0.2) is 0 Å². The summed E-state index contributed by atoms with van der Waals surface area (Å²) in [6.07, 6.45) is 1.68. The molecule has 0 atom stereocenters. The number of aromatic nitrogens is 2. The van der Waals surface area contributed by atoms with Crippen LogP contribution in [-0.4, -0.2) is 9.78 Å². The molecule has 15 heavy (non-hydrogen) atoms. The number of hydrogen-bond acceptors (Lipinski definition) is 1. The molecule has 2 nitrogen and oxygen atoms in total. The Balaban J connectivity index is 2.22. The molecule has 78 valence electrons. The number of halogens is 2. The van der Waals surface area contributed by atoms with Crippen LogP contribution in [0.4, 0.5) is 0 Å². The minimum absolute atomic E-state index is 0.715. The number of rotatable bonds is 2. The molecular formula is C11H10BrClN2. The number of hydrogen-bond donors (Lipinski definition) is 0. The predicted molar refractivity (Wildman–Crippen MR) is 65.2 cm³/mol. The first kappa shape index (κ1) is 10.7. The average molecular weight is 286 g/mol.